The molecule has 0 aliphatic heterocycles. The maximum atomic E-state index is 12.4. The minimum atomic E-state index is -4.32. The monoisotopic (exact) mass is 350 g/mol. The van der Waals surface area contributed by atoms with E-state index in [2.05, 4.69) is 0 Å². The van der Waals surface area contributed by atoms with Gasteiger partial charge in [-0.15, -0.1) is 0 Å². The SMILES string of the molecule is O=P(O)(Oc1ccccc1)Oc1cc2ccccc2c2ccccc12. The first-order valence-electron chi connectivity index (χ1n) is 7.80. The van der Waals surface area contributed by atoms with Crippen LogP contribution >= 0.6 is 7.82 Å². The molecule has 4 aromatic carbocycles. The van der Waals surface area contributed by atoms with Crippen molar-refractivity contribution in [3.63, 3.8) is 0 Å². The smallest absolute Gasteiger partial charge is 0.395 e. The molecule has 0 saturated heterocycles. The van der Waals surface area contributed by atoms with E-state index in [4.69, 9.17) is 9.05 Å². The van der Waals surface area contributed by atoms with Crippen LogP contribution in [0.4, 0.5) is 0 Å². The Morgan fingerprint density at radius 3 is 2.04 bits per heavy atom. The molecule has 4 rings (SSSR count). The number of phosphoric acid groups is 1. The summed E-state index contributed by atoms with van der Waals surface area (Å²) in [5.74, 6) is 0.592. The number of phosphoric ester groups is 1. The summed E-state index contributed by atoms with van der Waals surface area (Å²) in [4.78, 5) is 10.2. The molecular formula is C20H15O4P. The van der Waals surface area contributed by atoms with Gasteiger partial charge in [-0.2, -0.15) is 0 Å². The number of fused-ring (bicyclic) bond motifs is 3. The standard InChI is InChI=1S/C20H15O4P/c21-25(22,23-16-9-2-1-3-10-16)24-20-14-15-8-4-5-11-17(15)18-12-6-7-13-19(18)20/h1-14H,(H,21,22). The van der Waals surface area contributed by atoms with Gasteiger partial charge in [0.1, 0.15) is 11.5 Å². The van der Waals surface area contributed by atoms with E-state index in [1.807, 2.05) is 48.5 Å². The van der Waals surface area contributed by atoms with E-state index in [-0.39, 0.29) is 5.75 Å². The fourth-order valence-electron chi connectivity index (χ4n) is 2.85. The van der Waals surface area contributed by atoms with Gasteiger partial charge in [-0.3, -0.25) is 4.89 Å². The Labute approximate surface area is 144 Å². The van der Waals surface area contributed by atoms with Crippen molar-refractivity contribution in [3.05, 3.63) is 84.9 Å². The maximum Gasteiger partial charge on any atom is 0.584 e. The van der Waals surface area contributed by atoms with E-state index < -0.39 is 7.82 Å². The lowest BCUT2D eigenvalue weighted by molar-refractivity contribution is 0.292. The highest BCUT2D eigenvalue weighted by Crippen LogP contribution is 2.47. The van der Waals surface area contributed by atoms with E-state index in [0.717, 1.165) is 21.5 Å². The van der Waals surface area contributed by atoms with E-state index in [9.17, 15) is 9.46 Å². The van der Waals surface area contributed by atoms with Crippen molar-refractivity contribution in [2.75, 3.05) is 0 Å². The third-order valence-corrected chi connectivity index (χ3v) is 4.78. The molecule has 0 heterocycles. The molecule has 0 aromatic heterocycles. The zero-order valence-electron chi connectivity index (χ0n) is 13.2. The van der Waals surface area contributed by atoms with Crippen LogP contribution in [0.3, 0.4) is 0 Å². The Hall–Kier alpha value is -2.81. The second kappa shape index (κ2) is 6.25. The molecular weight excluding hydrogens is 335 g/mol. The normalized spacial score (nSPS) is 13.5. The van der Waals surface area contributed by atoms with Crippen LogP contribution in [0.1, 0.15) is 0 Å². The predicted molar refractivity (Wildman–Crippen MR) is 99.0 cm³/mol. The molecule has 5 heteroatoms. The van der Waals surface area contributed by atoms with Crippen molar-refractivity contribution in [2.45, 2.75) is 0 Å². The van der Waals surface area contributed by atoms with Gasteiger partial charge < -0.3 is 9.05 Å². The van der Waals surface area contributed by atoms with Crippen LogP contribution < -0.4 is 9.05 Å². The largest absolute Gasteiger partial charge is 0.584 e. The molecule has 1 N–H and O–H groups in total. The number of hydrogen-bond donors (Lipinski definition) is 1. The summed E-state index contributed by atoms with van der Waals surface area (Å²) in [5.41, 5.74) is 0. The van der Waals surface area contributed by atoms with Gasteiger partial charge in [-0.1, -0.05) is 66.7 Å². The molecule has 0 spiro atoms. The zero-order chi connectivity index (χ0) is 17.3. The van der Waals surface area contributed by atoms with Crippen LogP contribution in [0.25, 0.3) is 21.5 Å². The molecule has 0 saturated carbocycles. The zero-order valence-corrected chi connectivity index (χ0v) is 14.1. The highest BCUT2D eigenvalue weighted by atomic mass is 31.2. The van der Waals surface area contributed by atoms with E-state index in [1.54, 1.807) is 36.4 Å². The maximum absolute atomic E-state index is 12.4. The Balaban J connectivity index is 1.79. The summed E-state index contributed by atoms with van der Waals surface area (Å²) in [5, 5.41) is 3.69. The average molecular weight is 350 g/mol. The van der Waals surface area contributed by atoms with Crippen molar-refractivity contribution < 1.29 is 18.5 Å². The van der Waals surface area contributed by atoms with Gasteiger partial charge in [0.05, 0.1) is 0 Å². The van der Waals surface area contributed by atoms with Crippen LogP contribution in [-0.2, 0) is 4.57 Å². The van der Waals surface area contributed by atoms with E-state index in [0.29, 0.717) is 5.75 Å². The van der Waals surface area contributed by atoms with Gasteiger partial charge in [-0.05, 0) is 34.4 Å². The summed E-state index contributed by atoms with van der Waals surface area (Å²) in [6.45, 7) is 0. The molecule has 0 amide bonds. The van der Waals surface area contributed by atoms with Crippen molar-refractivity contribution in [2.24, 2.45) is 0 Å². The molecule has 4 nitrogen and oxygen atoms in total. The Morgan fingerprint density at radius 2 is 1.28 bits per heavy atom. The molecule has 4 aromatic rings. The second-order valence-corrected chi connectivity index (χ2v) is 6.91. The molecule has 25 heavy (non-hydrogen) atoms. The lowest BCUT2D eigenvalue weighted by Crippen LogP contribution is -2.00. The molecule has 1 unspecified atom stereocenters. The number of benzene rings is 4. The van der Waals surface area contributed by atoms with E-state index in [1.165, 1.54) is 0 Å². The lowest BCUT2D eigenvalue weighted by atomic mass is 10.0. The van der Waals surface area contributed by atoms with Crippen molar-refractivity contribution in [1.29, 1.82) is 0 Å². The topological polar surface area (TPSA) is 55.8 Å². The summed E-state index contributed by atoms with van der Waals surface area (Å²) < 4.78 is 23.0. The summed E-state index contributed by atoms with van der Waals surface area (Å²) in [6, 6.07) is 25.7. The number of rotatable bonds is 4. The van der Waals surface area contributed by atoms with Gasteiger partial charge in [0.15, 0.2) is 0 Å². The summed E-state index contributed by atoms with van der Waals surface area (Å²) in [7, 11) is -4.32. The fraction of sp³-hybridized carbons (Fsp3) is 0. The average Bonchev–Trinajstić information content (AvgIpc) is 2.62. The number of para-hydroxylation sites is 1. The van der Waals surface area contributed by atoms with Crippen LogP contribution in [0, 0.1) is 0 Å². The van der Waals surface area contributed by atoms with Gasteiger partial charge in [0.2, 0.25) is 0 Å². The van der Waals surface area contributed by atoms with Crippen LogP contribution in [0.2, 0.25) is 0 Å². The Bertz CT molecular complexity index is 1090. The summed E-state index contributed by atoms with van der Waals surface area (Å²) in [6.07, 6.45) is 0. The molecule has 0 bridgehead atoms. The third kappa shape index (κ3) is 3.22. The van der Waals surface area contributed by atoms with Gasteiger partial charge in [0, 0.05) is 5.39 Å². The number of hydrogen-bond acceptors (Lipinski definition) is 3. The van der Waals surface area contributed by atoms with Gasteiger partial charge in [-0.25, -0.2) is 4.57 Å². The quantitative estimate of drug-likeness (QED) is 0.387. The highest BCUT2D eigenvalue weighted by Gasteiger charge is 2.26. The Morgan fingerprint density at radius 1 is 0.680 bits per heavy atom. The van der Waals surface area contributed by atoms with Crippen molar-refractivity contribution in [1.82, 2.24) is 0 Å². The molecule has 0 aliphatic carbocycles. The minimum absolute atomic E-state index is 0.276. The summed E-state index contributed by atoms with van der Waals surface area (Å²) >= 11 is 0. The first-order chi connectivity index (χ1) is 12.1. The van der Waals surface area contributed by atoms with Gasteiger partial charge >= 0.3 is 7.82 Å². The Kier molecular flexibility index (Phi) is 3.92. The molecule has 0 aliphatic rings. The molecule has 0 fully saturated rings. The first kappa shape index (κ1) is 15.7. The highest BCUT2D eigenvalue weighted by molar-refractivity contribution is 7.48. The first-order valence-corrected chi connectivity index (χ1v) is 9.29. The molecule has 1 atom stereocenters. The van der Waals surface area contributed by atoms with E-state index >= 15 is 0 Å². The molecule has 0 radical (unpaired) electrons. The third-order valence-electron chi connectivity index (χ3n) is 3.91. The lowest BCUT2D eigenvalue weighted by Gasteiger charge is -2.16. The second-order valence-electron chi connectivity index (χ2n) is 5.61. The van der Waals surface area contributed by atoms with Crippen LogP contribution in [-0.4, -0.2) is 4.89 Å². The predicted octanol–water partition coefficient (Wildman–Crippen LogP) is 5.55. The van der Waals surface area contributed by atoms with Gasteiger partial charge in [0.25, 0.3) is 0 Å². The fourth-order valence-corrected chi connectivity index (χ4v) is 3.68. The van der Waals surface area contributed by atoms with Crippen LogP contribution in [0.5, 0.6) is 11.5 Å². The van der Waals surface area contributed by atoms with Crippen molar-refractivity contribution in [3.8, 4) is 11.5 Å². The van der Waals surface area contributed by atoms with Crippen LogP contribution in [0.15, 0.2) is 84.9 Å². The van der Waals surface area contributed by atoms with Crippen molar-refractivity contribution >= 4 is 29.4 Å². The minimum Gasteiger partial charge on any atom is -0.395 e. The molecule has 124 valence electrons.